The summed E-state index contributed by atoms with van der Waals surface area (Å²) in [4.78, 5) is 44.6. The SMILES string of the molecule is Cc1ccc(CNC(=O)Cn2c(=O)n(CC3CCCO3)c(=O)c3sc4ncccc4c32)cc1. The summed E-state index contributed by atoms with van der Waals surface area (Å²) >= 11 is 1.25. The maximum Gasteiger partial charge on any atom is 0.332 e. The third-order valence-corrected chi connectivity index (χ3v) is 7.02. The standard InChI is InChI=1S/C24H24N4O4S/c1-15-6-8-16(9-7-15)12-26-19(29)14-27-20-18-5-2-10-25-22(18)33-21(20)23(30)28(24(27)31)13-17-4-3-11-32-17/h2,5-10,17H,3-4,11-14H2,1H3,(H,26,29). The molecule has 1 amide bonds. The van der Waals surface area contributed by atoms with Crippen molar-refractivity contribution in [2.24, 2.45) is 0 Å². The summed E-state index contributed by atoms with van der Waals surface area (Å²) < 4.78 is 8.69. The number of carbonyl (C=O) groups excluding carboxylic acids is 1. The number of aryl methyl sites for hydroxylation is 1. The molecule has 4 aromatic rings. The van der Waals surface area contributed by atoms with Gasteiger partial charge in [0.05, 0.1) is 18.2 Å². The highest BCUT2D eigenvalue weighted by molar-refractivity contribution is 7.25. The Bertz CT molecular complexity index is 1450. The predicted octanol–water partition coefficient (Wildman–Crippen LogP) is 2.58. The molecule has 0 saturated carbocycles. The van der Waals surface area contributed by atoms with Gasteiger partial charge in [-0.05, 0) is 37.5 Å². The minimum Gasteiger partial charge on any atom is -0.376 e. The first-order valence-electron chi connectivity index (χ1n) is 11.0. The average Bonchev–Trinajstić information content (AvgIpc) is 3.47. The molecule has 33 heavy (non-hydrogen) atoms. The maximum absolute atomic E-state index is 13.5. The zero-order valence-corrected chi connectivity index (χ0v) is 19.1. The van der Waals surface area contributed by atoms with E-state index in [1.807, 2.05) is 37.3 Å². The summed E-state index contributed by atoms with van der Waals surface area (Å²) in [7, 11) is 0. The van der Waals surface area contributed by atoms with Gasteiger partial charge in [-0.1, -0.05) is 29.8 Å². The Hall–Kier alpha value is -3.30. The minimum absolute atomic E-state index is 0.177. The highest BCUT2D eigenvalue weighted by Crippen LogP contribution is 2.29. The summed E-state index contributed by atoms with van der Waals surface area (Å²) in [6.45, 7) is 2.99. The molecule has 1 fully saturated rings. The molecule has 5 rings (SSSR count). The second-order valence-electron chi connectivity index (χ2n) is 8.32. The zero-order valence-electron chi connectivity index (χ0n) is 18.2. The molecule has 3 aromatic heterocycles. The van der Waals surface area contributed by atoms with Crippen molar-refractivity contribution >= 4 is 37.7 Å². The monoisotopic (exact) mass is 464 g/mol. The Morgan fingerprint density at radius 2 is 2.03 bits per heavy atom. The van der Waals surface area contributed by atoms with Crippen LogP contribution < -0.4 is 16.6 Å². The van der Waals surface area contributed by atoms with Gasteiger partial charge in [-0.15, -0.1) is 11.3 Å². The van der Waals surface area contributed by atoms with E-state index in [1.165, 1.54) is 20.5 Å². The Morgan fingerprint density at radius 1 is 1.21 bits per heavy atom. The molecule has 1 N–H and O–H groups in total. The molecule has 1 saturated heterocycles. The number of nitrogens with zero attached hydrogens (tertiary/aromatic N) is 3. The van der Waals surface area contributed by atoms with E-state index in [0.717, 1.165) is 24.0 Å². The van der Waals surface area contributed by atoms with E-state index in [4.69, 9.17) is 4.74 Å². The third kappa shape index (κ3) is 4.21. The van der Waals surface area contributed by atoms with Gasteiger partial charge in [0.25, 0.3) is 5.56 Å². The van der Waals surface area contributed by atoms with Crippen LogP contribution in [0, 0.1) is 6.92 Å². The molecule has 0 bridgehead atoms. The number of fused-ring (bicyclic) bond motifs is 3. The third-order valence-electron chi connectivity index (χ3n) is 5.93. The molecule has 1 unspecified atom stereocenters. The Labute approximate surface area is 193 Å². The number of rotatable bonds is 6. The fraction of sp³-hybridized carbons (Fsp3) is 0.333. The van der Waals surface area contributed by atoms with Crippen molar-refractivity contribution in [2.45, 2.75) is 45.5 Å². The fourth-order valence-electron chi connectivity index (χ4n) is 4.19. The average molecular weight is 465 g/mol. The van der Waals surface area contributed by atoms with Crippen molar-refractivity contribution in [3.8, 4) is 0 Å². The smallest absolute Gasteiger partial charge is 0.332 e. The number of carbonyl (C=O) groups is 1. The topological polar surface area (TPSA) is 95.2 Å². The number of nitrogens with one attached hydrogen (secondary N) is 1. The van der Waals surface area contributed by atoms with Gasteiger partial charge in [0, 0.05) is 24.7 Å². The molecule has 1 aromatic carbocycles. The van der Waals surface area contributed by atoms with Gasteiger partial charge in [-0.25, -0.2) is 9.78 Å². The largest absolute Gasteiger partial charge is 0.376 e. The van der Waals surface area contributed by atoms with Gasteiger partial charge >= 0.3 is 5.69 Å². The number of aromatic nitrogens is 3. The van der Waals surface area contributed by atoms with E-state index in [9.17, 15) is 14.4 Å². The van der Waals surface area contributed by atoms with Crippen LogP contribution >= 0.6 is 11.3 Å². The number of ether oxygens (including phenoxy) is 1. The lowest BCUT2D eigenvalue weighted by atomic mass is 10.1. The van der Waals surface area contributed by atoms with Crippen molar-refractivity contribution < 1.29 is 9.53 Å². The summed E-state index contributed by atoms with van der Waals surface area (Å²) in [5, 5.41) is 3.58. The molecular formula is C24H24N4O4S. The summed E-state index contributed by atoms with van der Waals surface area (Å²) in [6, 6.07) is 11.5. The van der Waals surface area contributed by atoms with E-state index in [0.29, 0.717) is 33.6 Å². The molecule has 4 heterocycles. The van der Waals surface area contributed by atoms with Crippen LogP contribution in [-0.4, -0.2) is 32.7 Å². The molecule has 1 atom stereocenters. The quantitative estimate of drug-likeness (QED) is 0.473. The van der Waals surface area contributed by atoms with E-state index in [1.54, 1.807) is 12.3 Å². The lowest BCUT2D eigenvalue weighted by Crippen LogP contribution is -2.44. The van der Waals surface area contributed by atoms with Crippen LogP contribution in [0.3, 0.4) is 0 Å². The number of amides is 1. The van der Waals surface area contributed by atoms with E-state index < -0.39 is 5.69 Å². The fourth-order valence-corrected chi connectivity index (χ4v) is 5.29. The van der Waals surface area contributed by atoms with Crippen LogP contribution in [-0.2, 0) is 29.2 Å². The van der Waals surface area contributed by atoms with Crippen molar-refractivity contribution in [2.75, 3.05) is 6.61 Å². The Morgan fingerprint density at radius 3 is 2.79 bits per heavy atom. The minimum atomic E-state index is -0.503. The number of pyridine rings is 1. The summed E-state index contributed by atoms with van der Waals surface area (Å²) in [5.74, 6) is -0.301. The molecule has 170 valence electrons. The molecule has 0 radical (unpaired) electrons. The van der Waals surface area contributed by atoms with Crippen molar-refractivity contribution in [3.63, 3.8) is 0 Å². The summed E-state index contributed by atoms with van der Waals surface area (Å²) in [6.07, 6.45) is 3.18. The summed E-state index contributed by atoms with van der Waals surface area (Å²) in [5.41, 5.74) is 1.72. The Kier molecular flexibility index (Phi) is 5.82. The van der Waals surface area contributed by atoms with Crippen molar-refractivity contribution in [1.82, 2.24) is 19.4 Å². The van der Waals surface area contributed by atoms with Crippen LogP contribution in [0.25, 0.3) is 20.4 Å². The first-order valence-corrected chi connectivity index (χ1v) is 11.8. The van der Waals surface area contributed by atoms with Gasteiger partial charge < -0.3 is 10.1 Å². The van der Waals surface area contributed by atoms with Crippen LogP contribution in [0.1, 0.15) is 24.0 Å². The molecule has 8 nitrogen and oxygen atoms in total. The normalized spacial score (nSPS) is 16.0. The molecular weight excluding hydrogens is 440 g/mol. The van der Waals surface area contributed by atoms with Gasteiger partial charge in [0.2, 0.25) is 5.91 Å². The van der Waals surface area contributed by atoms with Gasteiger partial charge in [-0.2, -0.15) is 0 Å². The number of hydrogen-bond acceptors (Lipinski definition) is 6. The van der Waals surface area contributed by atoms with E-state index in [-0.39, 0.29) is 30.7 Å². The molecule has 1 aliphatic rings. The highest BCUT2D eigenvalue weighted by Gasteiger charge is 2.23. The first kappa shape index (κ1) is 21.5. The van der Waals surface area contributed by atoms with Crippen LogP contribution in [0.2, 0.25) is 0 Å². The first-order chi connectivity index (χ1) is 16.0. The van der Waals surface area contributed by atoms with Gasteiger partial charge in [-0.3, -0.25) is 18.7 Å². The molecule has 1 aliphatic heterocycles. The lowest BCUT2D eigenvalue weighted by Gasteiger charge is -2.15. The zero-order chi connectivity index (χ0) is 22.9. The van der Waals surface area contributed by atoms with Crippen molar-refractivity contribution in [3.05, 3.63) is 74.6 Å². The second-order valence-corrected chi connectivity index (χ2v) is 9.32. The van der Waals surface area contributed by atoms with Gasteiger partial charge in [0.15, 0.2) is 0 Å². The molecule has 0 aliphatic carbocycles. The lowest BCUT2D eigenvalue weighted by molar-refractivity contribution is -0.121. The van der Waals surface area contributed by atoms with E-state index >= 15 is 0 Å². The highest BCUT2D eigenvalue weighted by atomic mass is 32.1. The maximum atomic E-state index is 13.5. The predicted molar refractivity (Wildman–Crippen MR) is 128 cm³/mol. The van der Waals surface area contributed by atoms with Crippen LogP contribution in [0.5, 0.6) is 0 Å². The number of benzene rings is 1. The van der Waals surface area contributed by atoms with E-state index in [2.05, 4.69) is 10.3 Å². The molecule has 9 heteroatoms. The number of hydrogen-bond donors (Lipinski definition) is 1. The number of thiophene rings is 1. The van der Waals surface area contributed by atoms with Crippen LogP contribution in [0.15, 0.2) is 52.2 Å². The Balaban J connectivity index is 1.53. The van der Waals surface area contributed by atoms with Gasteiger partial charge in [0.1, 0.15) is 16.1 Å². The molecule has 0 spiro atoms. The van der Waals surface area contributed by atoms with Crippen LogP contribution in [0.4, 0.5) is 0 Å². The van der Waals surface area contributed by atoms with Crippen molar-refractivity contribution in [1.29, 1.82) is 0 Å². The second kappa shape index (κ2) is 8.92.